The van der Waals surface area contributed by atoms with Gasteiger partial charge in [-0.1, -0.05) is 60.9 Å². The number of aryl methyl sites for hydroxylation is 1. The number of allylic oxidation sites excluding steroid dienone is 2. The van der Waals surface area contributed by atoms with Crippen LogP contribution in [-0.4, -0.2) is 24.9 Å². The third-order valence-electron chi connectivity index (χ3n) is 5.23. The zero-order chi connectivity index (χ0) is 21.5. The van der Waals surface area contributed by atoms with E-state index >= 15 is 0 Å². The molecule has 4 aromatic rings. The van der Waals surface area contributed by atoms with Gasteiger partial charge >= 0.3 is 0 Å². The molecule has 0 unspecified atom stereocenters. The van der Waals surface area contributed by atoms with Crippen LogP contribution in [0.1, 0.15) is 54.3 Å². The summed E-state index contributed by atoms with van der Waals surface area (Å²) in [6, 6.07) is 16.1. The van der Waals surface area contributed by atoms with E-state index in [0.29, 0.717) is 16.7 Å². The molecule has 3 heterocycles. The first-order valence-electron chi connectivity index (χ1n) is 10.1. The maximum Gasteiger partial charge on any atom is 0.251 e. The molecular formula is C24H20ClN5O. The molecule has 6 nitrogen and oxygen atoms in total. The number of aromatic nitrogens is 5. The largest absolute Gasteiger partial charge is 0.335 e. The summed E-state index contributed by atoms with van der Waals surface area (Å²) >= 11 is 6.14. The second kappa shape index (κ2) is 7.63. The van der Waals surface area contributed by atoms with Gasteiger partial charge in [-0.15, -0.1) is 10.2 Å². The van der Waals surface area contributed by atoms with E-state index in [2.05, 4.69) is 43.1 Å². The predicted molar refractivity (Wildman–Crippen MR) is 121 cm³/mol. The predicted octanol–water partition coefficient (Wildman–Crippen LogP) is 5.72. The fourth-order valence-electron chi connectivity index (χ4n) is 3.68. The Morgan fingerprint density at radius 2 is 1.81 bits per heavy atom. The SMILES string of the molecule is Cc1nnc2n1-c1ccccc1C(c1ccc(Cl)cc1)=C/C2=C\c1nc(C(C)C)no1. The van der Waals surface area contributed by atoms with Crippen molar-refractivity contribution in [2.45, 2.75) is 26.7 Å². The van der Waals surface area contributed by atoms with E-state index in [-0.39, 0.29) is 5.92 Å². The highest BCUT2D eigenvalue weighted by atomic mass is 35.5. The molecule has 7 heteroatoms. The van der Waals surface area contributed by atoms with Crippen molar-refractivity contribution < 1.29 is 4.52 Å². The number of fused-ring (bicyclic) bond motifs is 3. The highest BCUT2D eigenvalue weighted by molar-refractivity contribution is 6.30. The number of hydrogen-bond donors (Lipinski definition) is 0. The van der Waals surface area contributed by atoms with Crippen molar-refractivity contribution in [2.24, 2.45) is 0 Å². The van der Waals surface area contributed by atoms with Crippen LogP contribution in [0.3, 0.4) is 0 Å². The fraction of sp³-hybridized carbons (Fsp3) is 0.167. The molecule has 0 spiro atoms. The summed E-state index contributed by atoms with van der Waals surface area (Å²) < 4.78 is 7.54. The molecule has 0 N–H and O–H groups in total. The maximum atomic E-state index is 6.14. The number of rotatable bonds is 3. The van der Waals surface area contributed by atoms with Crippen molar-refractivity contribution in [3.05, 3.63) is 94.1 Å². The number of hydrogen-bond acceptors (Lipinski definition) is 5. The van der Waals surface area contributed by atoms with Gasteiger partial charge in [0.1, 0.15) is 5.82 Å². The molecule has 0 bridgehead atoms. The van der Waals surface area contributed by atoms with Gasteiger partial charge in [0.05, 0.1) is 5.69 Å². The van der Waals surface area contributed by atoms with Gasteiger partial charge < -0.3 is 4.52 Å². The van der Waals surface area contributed by atoms with Gasteiger partial charge in [-0.25, -0.2) is 0 Å². The van der Waals surface area contributed by atoms with Crippen LogP contribution < -0.4 is 0 Å². The molecule has 2 aromatic carbocycles. The Hall–Kier alpha value is -3.51. The lowest BCUT2D eigenvalue weighted by molar-refractivity contribution is 0.400. The Balaban J connectivity index is 1.77. The van der Waals surface area contributed by atoms with Gasteiger partial charge in [0.25, 0.3) is 5.89 Å². The third-order valence-corrected chi connectivity index (χ3v) is 5.48. The monoisotopic (exact) mass is 429 g/mol. The zero-order valence-corrected chi connectivity index (χ0v) is 18.1. The lowest BCUT2D eigenvalue weighted by Crippen LogP contribution is -2.03. The summed E-state index contributed by atoms with van der Waals surface area (Å²) in [5.41, 5.74) is 5.02. The Bertz CT molecular complexity index is 1330. The number of halogens is 1. The fourth-order valence-corrected chi connectivity index (χ4v) is 3.81. The minimum Gasteiger partial charge on any atom is -0.335 e. The highest BCUT2D eigenvalue weighted by Crippen LogP contribution is 2.37. The minimum absolute atomic E-state index is 0.181. The molecule has 0 aliphatic carbocycles. The number of benzene rings is 2. The van der Waals surface area contributed by atoms with Gasteiger partial charge in [-0.2, -0.15) is 4.98 Å². The normalized spacial score (nSPS) is 14.4. The highest BCUT2D eigenvalue weighted by Gasteiger charge is 2.23. The van der Waals surface area contributed by atoms with Gasteiger partial charge in [0, 0.05) is 28.2 Å². The van der Waals surface area contributed by atoms with Gasteiger partial charge in [-0.3, -0.25) is 4.57 Å². The molecule has 0 atom stereocenters. The van der Waals surface area contributed by atoms with E-state index in [1.54, 1.807) is 0 Å². The molecule has 5 rings (SSSR count). The Morgan fingerprint density at radius 3 is 2.55 bits per heavy atom. The topological polar surface area (TPSA) is 69.6 Å². The first-order chi connectivity index (χ1) is 15.0. The average molecular weight is 430 g/mol. The van der Waals surface area contributed by atoms with E-state index < -0.39 is 0 Å². The molecule has 154 valence electrons. The standard InChI is InChI=1S/C24H20ClN5O/c1-14(2)23-26-22(31-29-23)13-17-12-20(16-8-10-18(25)11-9-16)19-6-4-5-7-21(19)30-15(3)27-28-24(17)30/h4-14H,1-3H3/b17-13+. The Labute approximate surface area is 184 Å². The zero-order valence-electron chi connectivity index (χ0n) is 17.4. The van der Waals surface area contributed by atoms with Crippen molar-refractivity contribution in [1.82, 2.24) is 24.9 Å². The van der Waals surface area contributed by atoms with Crippen LogP contribution in [0.4, 0.5) is 0 Å². The molecule has 1 aliphatic heterocycles. The van der Waals surface area contributed by atoms with Crippen LogP contribution >= 0.6 is 11.6 Å². The van der Waals surface area contributed by atoms with Gasteiger partial charge in [0.2, 0.25) is 0 Å². The lowest BCUT2D eigenvalue weighted by atomic mass is 9.95. The van der Waals surface area contributed by atoms with Gasteiger partial charge in [0.15, 0.2) is 11.6 Å². The number of nitrogens with zero attached hydrogens (tertiary/aromatic N) is 5. The number of para-hydroxylation sites is 1. The summed E-state index contributed by atoms with van der Waals surface area (Å²) in [6.07, 6.45) is 3.95. The average Bonchev–Trinajstić information content (AvgIpc) is 3.35. The molecule has 0 radical (unpaired) electrons. The minimum atomic E-state index is 0.181. The van der Waals surface area contributed by atoms with Crippen LogP contribution in [0.5, 0.6) is 0 Å². The maximum absolute atomic E-state index is 6.14. The summed E-state index contributed by atoms with van der Waals surface area (Å²) in [4.78, 5) is 4.51. The summed E-state index contributed by atoms with van der Waals surface area (Å²) in [5, 5.41) is 13.6. The van der Waals surface area contributed by atoms with E-state index in [1.165, 1.54) is 0 Å². The van der Waals surface area contributed by atoms with Gasteiger partial charge in [-0.05, 0) is 42.3 Å². The lowest BCUT2D eigenvalue weighted by Gasteiger charge is -2.13. The summed E-state index contributed by atoms with van der Waals surface area (Å²) in [6.45, 7) is 6.01. The van der Waals surface area contributed by atoms with Crippen molar-refractivity contribution in [3.8, 4) is 5.69 Å². The summed E-state index contributed by atoms with van der Waals surface area (Å²) in [7, 11) is 0. The third kappa shape index (κ3) is 3.49. The second-order valence-electron chi connectivity index (χ2n) is 7.73. The molecule has 2 aromatic heterocycles. The first kappa shape index (κ1) is 19.5. The van der Waals surface area contributed by atoms with Crippen LogP contribution in [0.15, 0.2) is 59.1 Å². The molecule has 0 fully saturated rings. The quantitative estimate of drug-likeness (QED) is 0.416. The van der Waals surface area contributed by atoms with Crippen LogP contribution in [0.25, 0.3) is 22.9 Å². The van der Waals surface area contributed by atoms with Crippen LogP contribution in [0.2, 0.25) is 5.02 Å². The smallest absolute Gasteiger partial charge is 0.251 e. The molecule has 31 heavy (non-hydrogen) atoms. The van der Waals surface area contributed by atoms with E-state index in [1.807, 2.05) is 63.2 Å². The Morgan fingerprint density at radius 1 is 1.03 bits per heavy atom. The van der Waals surface area contributed by atoms with Crippen molar-refractivity contribution in [3.63, 3.8) is 0 Å². The van der Waals surface area contributed by atoms with Crippen molar-refractivity contribution >= 4 is 28.8 Å². The first-order valence-corrected chi connectivity index (χ1v) is 10.4. The van der Waals surface area contributed by atoms with Crippen molar-refractivity contribution in [2.75, 3.05) is 0 Å². The van der Waals surface area contributed by atoms with Crippen LogP contribution in [-0.2, 0) is 0 Å². The summed E-state index contributed by atoms with van der Waals surface area (Å²) in [5.74, 6) is 2.80. The molecule has 0 amide bonds. The van der Waals surface area contributed by atoms with E-state index in [4.69, 9.17) is 16.1 Å². The molecule has 1 aliphatic rings. The Kier molecular flexibility index (Phi) is 4.79. The van der Waals surface area contributed by atoms with E-state index in [0.717, 1.165) is 39.6 Å². The second-order valence-corrected chi connectivity index (χ2v) is 8.17. The molecule has 0 saturated carbocycles. The molecular weight excluding hydrogens is 410 g/mol. The van der Waals surface area contributed by atoms with Crippen LogP contribution in [0, 0.1) is 6.92 Å². The molecule has 0 saturated heterocycles. The van der Waals surface area contributed by atoms with Crippen molar-refractivity contribution in [1.29, 1.82) is 0 Å². The van der Waals surface area contributed by atoms with E-state index in [9.17, 15) is 0 Å².